The normalized spacial score (nSPS) is 12.0. The summed E-state index contributed by atoms with van der Waals surface area (Å²) in [5, 5.41) is 0. The summed E-state index contributed by atoms with van der Waals surface area (Å²) >= 11 is 0. The molecule has 0 aliphatic carbocycles. The molecule has 0 aliphatic heterocycles. The molecular weight excluding hydrogens is 276 g/mol. The van der Waals surface area contributed by atoms with Crippen molar-refractivity contribution in [3.8, 4) is 11.5 Å². The van der Waals surface area contributed by atoms with E-state index in [1.807, 2.05) is 19.1 Å². The number of ether oxygens (including phenoxy) is 2. The smallest absolute Gasteiger partial charge is 0.161 e. The molecule has 0 bridgehead atoms. The quantitative estimate of drug-likeness (QED) is 0.919. The van der Waals surface area contributed by atoms with E-state index in [0.717, 1.165) is 5.56 Å². The molecule has 0 spiro atoms. The Kier molecular flexibility index (Phi) is 4.75. The van der Waals surface area contributed by atoms with Gasteiger partial charge in [0, 0.05) is 5.56 Å². The molecular formula is C16H17F2NO2. The number of hydrogen-bond acceptors (Lipinski definition) is 3. The summed E-state index contributed by atoms with van der Waals surface area (Å²) in [6, 6.07) is 8.13. The van der Waals surface area contributed by atoms with Crippen LogP contribution in [0.1, 0.15) is 17.2 Å². The Morgan fingerprint density at radius 3 is 2.38 bits per heavy atom. The lowest BCUT2D eigenvalue weighted by Gasteiger charge is -2.16. The van der Waals surface area contributed by atoms with Gasteiger partial charge in [0.05, 0.1) is 13.2 Å². The van der Waals surface area contributed by atoms with Crippen LogP contribution in [0.5, 0.6) is 11.5 Å². The average molecular weight is 293 g/mol. The summed E-state index contributed by atoms with van der Waals surface area (Å²) in [5.74, 6) is -0.324. The fraction of sp³-hybridized carbons (Fsp3) is 0.250. The first kappa shape index (κ1) is 15.3. The molecule has 0 fully saturated rings. The van der Waals surface area contributed by atoms with Crippen molar-refractivity contribution in [2.24, 2.45) is 5.73 Å². The molecule has 1 atom stereocenters. The minimum absolute atomic E-state index is 0.0583. The van der Waals surface area contributed by atoms with E-state index in [-0.39, 0.29) is 12.2 Å². The number of benzene rings is 2. The molecule has 5 heteroatoms. The molecule has 1 unspecified atom stereocenters. The Balaban J connectivity index is 2.13. The Bertz CT molecular complexity index is 611. The van der Waals surface area contributed by atoms with E-state index in [9.17, 15) is 8.78 Å². The van der Waals surface area contributed by atoms with Crippen LogP contribution in [0.3, 0.4) is 0 Å². The highest BCUT2D eigenvalue weighted by Crippen LogP contribution is 2.29. The molecule has 0 amide bonds. The first-order chi connectivity index (χ1) is 10.0. The highest BCUT2D eigenvalue weighted by Gasteiger charge is 2.17. The Morgan fingerprint density at radius 2 is 1.76 bits per heavy atom. The predicted octanol–water partition coefficient (Wildman–Crippen LogP) is 3.36. The van der Waals surface area contributed by atoms with Crippen LogP contribution >= 0.6 is 0 Å². The summed E-state index contributed by atoms with van der Waals surface area (Å²) in [7, 11) is 1.53. The molecule has 0 aromatic heterocycles. The standard InChI is InChI=1S/C16H17F2NO2/c1-10-6-7-14(15(8-10)20-2)21-9-13(19)16-11(17)4-3-5-12(16)18/h3-8,13H,9,19H2,1-2H3. The minimum atomic E-state index is -0.905. The molecule has 0 radical (unpaired) electrons. The number of methoxy groups -OCH3 is 1. The zero-order valence-corrected chi connectivity index (χ0v) is 11.9. The molecule has 0 heterocycles. The molecule has 2 aromatic carbocycles. The van der Waals surface area contributed by atoms with Crippen LogP contribution in [-0.2, 0) is 0 Å². The SMILES string of the molecule is COc1cc(C)ccc1OCC(N)c1c(F)cccc1F. The first-order valence-electron chi connectivity index (χ1n) is 6.50. The van der Waals surface area contributed by atoms with Gasteiger partial charge in [0.2, 0.25) is 0 Å². The van der Waals surface area contributed by atoms with Crippen molar-refractivity contribution in [3.05, 3.63) is 59.2 Å². The third-order valence-electron chi connectivity index (χ3n) is 3.11. The monoisotopic (exact) mass is 293 g/mol. The van der Waals surface area contributed by atoms with Crippen LogP contribution in [0.15, 0.2) is 36.4 Å². The van der Waals surface area contributed by atoms with E-state index < -0.39 is 17.7 Å². The highest BCUT2D eigenvalue weighted by molar-refractivity contribution is 5.42. The Hall–Kier alpha value is -2.14. The van der Waals surface area contributed by atoms with Crippen molar-refractivity contribution >= 4 is 0 Å². The molecule has 0 saturated carbocycles. The lowest BCUT2D eigenvalue weighted by Crippen LogP contribution is -2.21. The van der Waals surface area contributed by atoms with Crippen LogP contribution in [0, 0.1) is 18.6 Å². The molecule has 2 rings (SSSR count). The number of aryl methyl sites for hydroxylation is 1. The molecule has 21 heavy (non-hydrogen) atoms. The van der Waals surface area contributed by atoms with Crippen molar-refractivity contribution in [2.75, 3.05) is 13.7 Å². The van der Waals surface area contributed by atoms with Crippen molar-refractivity contribution in [1.82, 2.24) is 0 Å². The molecule has 112 valence electrons. The Labute approximate surface area is 122 Å². The van der Waals surface area contributed by atoms with Crippen molar-refractivity contribution in [3.63, 3.8) is 0 Å². The van der Waals surface area contributed by atoms with E-state index in [4.69, 9.17) is 15.2 Å². The van der Waals surface area contributed by atoms with Crippen molar-refractivity contribution < 1.29 is 18.3 Å². The number of hydrogen-bond donors (Lipinski definition) is 1. The lowest BCUT2D eigenvalue weighted by molar-refractivity contribution is 0.268. The molecule has 0 saturated heterocycles. The second kappa shape index (κ2) is 6.54. The van der Waals surface area contributed by atoms with E-state index in [2.05, 4.69) is 0 Å². The number of nitrogens with two attached hydrogens (primary N) is 1. The number of halogens is 2. The van der Waals surface area contributed by atoms with Gasteiger partial charge in [0.15, 0.2) is 11.5 Å². The van der Waals surface area contributed by atoms with Gasteiger partial charge in [0.1, 0.15) is 18.2 Å². The molecule has 0 aliphatic rings. The predicted molar refractivity (Wildman–Crippen MR) is 76.5 cm³/mol. The molecule has 2 N–H and O–H groups in total. The average Bonchev–Trinajstić information content (AvgIpc) is 2.45. The van der Waals surface area contributed by atoms with Crippen molar-refractivity contribution in [2.45, 2.75) is 13.0 Å². The van der Waals surface area contributed by atoms with Crippen LogP contribution in [0.2, 0.25) is 0 Å². The van der Waals surface area contributed by atoms with Gasteiger partial charge < -0.3 is 15.2 Å². The van der Waals surface area contributed by atoms with E-state index in [1.54, 1.807) is 6.07 Å². The first-order valence-corrected chi connectivity index (χ1v) is 6.50. The van der Waals surface area contributed by atoms with E-state index >= 15 is 0 Å². The summed E-state index contributed by atoms with van der Waals surface area (Å²) in [6.07, 6.45) is 0. The zero-order valence-electron chi connectivity index (χ0n) is 11.9. The van der Waals surface area contributed by atoms with Gasteiger partial charge >= 0.3 is 0 Å². The van der Waals surface area contributed by atoms with Crippen LogP contribution in [0.4, 0.5) is 8.78 Å². The van der Waals surface area contributed by atoms with Crippen molar-refractivity contribution in [1.29, 1.82) is 0 Å². The maximum absolute atomic E-state index is 13.6. The summed E-state index contributed by atoms with van der Waals surface area (Å²) in [6.45, 7) is 1.87. The Morgan fingerprint density at radius 1 is 1.10 bits per heavy atom. The summed E-state index contributed by atoms with van der Waals surface area (Å²) in [5.41, 5.74) is 6.66. The van der Waals surface area contributed by atoms with Gasteiger partial charge in [-0.2, -0.15) is 0 Å². The largest absolute Gasteiger partial charge is 0.493 e. The van der Waals surface area contributed by atoms with Crippen LogP contribution in [0.25, 0.3) is 0 Å². The van der Waals surface area contributed by atoms with E-state index in [1.165, 1.54) is 25.3 Å². The number of rotatable bonds is 5. The third kappa shape index (κ3) is 3.49. The molecule has 3 nitrogen and oxygen atoms in total. The van der Waals surface area contributed by atoms with Gasteiger partial charge in [-0.1, -0.05) is 12.1 Å². The lowest BCUT2D eigenvalue weighted by atomic mass is 10.1. The van der Waals surface area contributed by atoms with Gasteiger partial charge in [-0.15, -0.1) is 0 Å². The zero-order chi connectivity index (χ0) is 15.4. The summed E-state index contributed by atoms with van der Waals surface area (Å²) < 4.78 is 38.0. The van der Waals surface area contributed by atoms with E-state index in [0.29, 0.717) is 11.5 Å². The van der Waals surface area contributed by atoms with Crippen LogP contribution in [-0.4, -0.2) is 13.7 Å². The maximum atomic E-state index is 13.6. The highest BCUT2D eigenvalue weighted by atomic mass is 19.1. The maximum Gasteiger partial charge on any atom is 0.161 e. The molecule has 2 aromatic rings. The van der Waals surface area contributed by atoms with Crippen LogP contribution < -0.4 is 15.2 Å². The van der Waals surface area contributed by atoms with Gasteiger partial charge in [-0.05, 0) is 36.8 Å². The summed E-state index contributed by atoms with van der Waals surface area (Å²) in [4.78, 5) is 0. The third-order valence-corrected chi connectivity index (χ3v) is 3.11. The van der Waals surface area contributed by atoms with Gasteiger partial charge in [0.25, 0.3) is 0 Å². The minimum Gasteiger partial charge on any atom is -0.493 e. The van der Waals surface area contributed by atoms with Gasteiger partial charge in [-0.3, -0.25) is 0 Å². The second-order valence-corrected chi connectivity index (χ2v) is 4.71. The fourth-order valence-corrected chi connectivity index (χ4v) is 2.02. The fourth-order valence-electron chi connectivity index (χ4n) is 2.02. The topological polar surface area (TPSA) is 44.5 Å². The second-order valence-electron chi connectivity index (χ2n) is 4.71. The van der Waals surface area contributed by atoms with Gasteiger partial charge in [-0.25, -0.2) is 8.78 Å².